The third kappa shape index (κ3) is 2.61. The van der Waals surface area contributed by atoms with Gasteiger partial charge in [-0.05, 0) is 48.8 Å². The smallest absolute Gasteiger partial charge is 0.0471 e. The van der Waals surface area contributed by atoms with Gasteiger partial charge in [-0.15, -0.1) is 0 Å². The minimum Gasteiger partial charge on any atom is -0.329 e. The Morgan fingerprint density at radius 2 is 2.00 bits per heavy atom. The highest BCUT2D eigenvalue weighted by atomic mass is 79.9. The van der Waals surface area contributed by atoms with E-state index in [0.29, 0.717) is 6.04 Å². The average Bonchev–Trinajstić information content (AvgIpc) is 2.95. The molecule has 3 rings (SSSR count). The van der Waals surface area contributed by atoms with Crippen molar-refractivity contribution in [1.29, 1.82) is 0 Å². The number of nitrogens with two attached hydrogens (primary N) is 1. The number of aryl methyl sites for hydroxylation is 1. The van der Waals surface area contributed by atoms with Crippen LogP contribution in [0.25, 0.3) is 0 Å². The molecule has 1 saturated heterocycles. The molecule has 0 radical (unpaired) electrons. The van der Waals surface area contributed by atoms with Crippen molar-refractivity contribution in [3.63, 3.8) is 0 Å². The van der Waals surface area contributed by atoms with Crippen LogP contribution < -0.4 is 5.73 Å². The Labute approximate surface area is 124 Å². The minimum atomic E-state index is 0.391. The topological polar surface area (TPSA) is 29.3 Å². The summed E-state index contributed by atoms with van der Waals surface area (Å²) < 4.78 is 1.20. The van der Waals surface area contributed by atoms with E-state index in [9.17, 15) is 0 Å². The summed E-state index contributed by atoms with van der Waals surface area (Å²) in [7, 11) is 0. The van der Waals surface area contributed by atoms with Gasteiger partial charge in [-0.2, -0.15) is 0 Å². The van der Waals surface area contributed by atoms with Gasteiger partial charge < -0.3 is 5.73 Å². The predicted octanol–water partition coefficient (Wildman–Crippen LogP) is 3.49. The van der Waals surface area contributed by atoms with Crippen molar-refractivity contribution in [2.75, 3.05) is 19.6 Å². The van der Waals surface area contributed by atoms with E-state index in [1.807, 2.05) is 0 Å². The van der Waals surface area contributed by atoms with Crippen LogP contribution in [0.2, 0.25) is 0 Å². The van der Waals surface area contributed by atoms with Crippen LogP contribution in [-0.4, -0.2) is 24.5 Å². The van der Waals surface area contributed by atoms with Gasteiger partial charge in [0, 0.05) is 30.1 Å². The van der Waals surface area contributed by atoms with Gasteiger partial charge in [0.1, 0.15) is 0 Å². The Kier molecular flexibility index (Phi) is 3.97. The van der Waals surface area contributed by atoms with E-state index in [0.717, 1.165) is 18.4 Å². The lowest BCUT2D eigenvalue weighted by atomic mass is 10.0. The maximum Gasteiger partial charge on any atom is 0.0471 e. The second-order valence-electron chi connectivity index (χ2n) is 6.17. The first kappa shape index (κ1) is 13.6. The first-order chi connectivity index (χ1) is 9.19. The lowest BCUT2D eigenvalue weighted by Gasteiger charge is -2.28. The van der Waals surface area contributed by atoms with Crippen LogP contribution in [0.5, 0.6) is 0 Å². The second-order valence-corrected chi connectivity index (χ2v) is 7.02. The third-order valence-electron chi connectivity index (χ3n) is 5.00. The molecule has 3 unspecified atom stereocenters. The van der Waals surface area contributed by atoms with Gasteiger partial charge in [-0.25, -0.2) is 0 Å². The summed E-state index contributed by atoms with van der Waals surface area (Å²) in [6.07, 6.45) is 4.29. The minimum absolute atomic E-state index is 0.391. The maximum atomic E-state index is 6.07. The van der Waals surface area contributed by atoms with E-state index in [1.165, 1.54) is 48.0 Å². The molecule has 1 aliphatic carbocycles. The fourth-order valence-corrected chi connectivity index (χ4v) is 4.23. The Bertz CT molecular complexity index is 448. The lowest BCUT2D eigenvalue weighted by Crippen LogP contribution is -2.32. The molecule has 1 aromatic carbocycles. The van der Waals surface area contributed by atoms with E-state index in [2.05, 4.69) is 46.0 Å². The van der Waals surface area contributed by atoms with E-state index in [1.54, 1.807) is 0 Å². The first-order valence-corrected chi connectivity index (χ1v) is 8.18. The number of hydrogen-bond acceptors (Lipinski definition) is 2. The normalized spacial score (nSPS) is 28.6. The number of halogens is 1. The molecule has 1 aromatic rings. The molecule has 2 N–H and O–H groups in total. The summed E-state index contributed by atoms with van der Waals surface area (Å²) >= 11 is 3.64. The molecule has 3 heteroatoms. The number of benzene rings is 1. The van der Waals surface area contributed by atoms with Gasteiger partial charge in [0.25, 0.3) is 0 Å². The molecule has 1 saturated carbocycles. The highest BCUT2D eigenvalue weighted by molar-refractivity contribution is 9.10. The first-order valence-electron chi connectivity index (χ1n) is 7.39. The van der Waals surface area contributed by atoms with Crippen LogP contribution in [0.15, 0.2) is 22.7 Å². The molecule has 1 heterocycles. The zero-order chi connectivity index (χ0) is 13.4. The molecule has 2 aliphatic rings. The Morgan fingerprint density at radius 1 is 1.32 bits per heavy atom. The van der Waals surface area contributed by atoms with Gasteiger partial charge in [0.2, 0.25) is 0 Å². The monoisotopic (exact) mass is 322 g/mol. The van der Waals surface area contributed by atoms with Crippen LogP contribution in [0.4, 0.5) is 0 Å². The molecule has 0 amide bonds. The van der Waals surface area contributed by atoms with Gasteiger partial charge in [-0.1, -0.05) is 34.5 Å². The number of nitrogens with zero attached hydrogens (tertiary/aromatic N) is 1. The molecule has 0 bridgehead atoms. The van der Waals surface area contributed by atoms with Crippen molar-refractivity contribution in [3.8, 4) is 0 Å². The van der Waals surface area contributed by atoms with Crippen LogP contribution >= 0.6 is 15.9 Å². The van der Waals surface area contributed by atoms with E-state index < -0.39 is 0 Å². The van der Waals surface area contributed by atoms with Crippen molar-refractivity contribution in [3.05, 3.63) is 33.8 Å². The van der Waals surface area contributed by atoms with Crippen LogP contribution in [-0.2, 0) is 0 Å². The highest BCUT2D eigenvalue weighted by Gasteiger charge is 2.38. The summed E-state index contributed by atoms with van der Waals surface area (Å²) in [5, 5.41) is 0. The molecule has 2 nitrogen and oxygen atoms in total. The summed E-state index contributed by atoms with van der Waals surface area (Å²) in [4.78, 5) is 2.62. The Morgan fingerprint density at radius 3 is 2.58 bits per heavy atom. The predicted molar refractivity (Wildman–Crippen MR) is 83.1 cm³/mol. The number of fused-ring (bicyclic) bond motifs is 1. The highest BCUT2D eigenvalue weighted by Crippen LogP contribution is 2.40. The molecule has 104 valence electrons. The summed E-state index contributed by atoms with van der Waals surface area (Å²) in [6, 6.07) is 7.08. The average molecular weight is 323 g/mol. The van der Waals surface area contributed by atoms with E-state index in [4.69, 9.17) is 5.73 Å². The van der Waals surface area contributed by atoms with Crippen molar-refractivity contribution in [2.45, 2.75) is 32.2 Å². The standard InChI is InChI=1S/C16H23BrN2/c1-11-5-6-12(7-15(11)17)16(8-18)19-9-13-3-2-4-14(13)10-19/h5-7,13-14,16H,2-4,8-10,18H2,1H3. The molecule has 2 fully saturated rings. The molecule has 3 atom stereocenters. The van der Waals surface area contributed by atoms with Gasteiger partial charge >= 0.3 is 0 Å². The van der Waals surface area contributed by atoms with Gasteiger partial charge in [0.15, 0.2) is 0 Å². The van der Waals surface area contributed by atoms with Gasteiger partial charge in [-0.3, -0.25) is 4.90 Å². The SMILES string of the molecule is Cc1ccc(C(CN)N2CC3CCCC3C2)cc1Br. The Balaban J connectivity index is 1.79. The number of hydrogen-bond donors (Lipinski definition) is 1. The molecule has 0 spiro atoms. The van der Waals surface area contributed by atoms with E-state index >= 15 is 0 Å². The zero-order valence-corrected chi connectivity index (χ0v) is 13.2. The molecular weight excluding hydrogens is 300 g/mol. The summed E-state index contributed by atoms with van der Waals surface area (Å²) in [5.41, 5.74) is 8.72. The molecule has 19 heavy (non-hydrogen) atoms. The zero-order valence-electron chi connectivity index (χ0n) is 11.6. The van der Waals surface area contributed by atoms with E-state index in [-0.39, 0.29) is 0 Å². The quantitative estimate of drug-likeness (QED) is 0.923. The lowest BCUT2D eigenvalue weighted by molar-refractivity contribution is 0.232. The van der Waals surface area contributed by atoms with Crippen molar-refractivity contribution in [2.24, 2.45) is 17.6 Å². The largest absolute Gasteiger partial charge is 0.329 e. The van der Waals surface area contributed by atoms with Gasteiger partial charge in [0.05, 0.1) is 0 Å². The summed E-state index contributed by atoms with van der Waals surface area (Å²) in [5.74, 6) is 1.87. The second kappa shape index (κ2) is 5.55. The number of likely N-dealkylation sites (tertiary alicyclic amines) is 1. The fraction of sp³-hybridized carbons (Fsp3) is 0.625. The third-order valence-corrected chi connectivity index (χ3v) is 5.85. The molecular formula is C16H23BrN2. The van der Waals surface area contributed by atoms with Crippen molar-refractivity contribution < 1.29 is 0 Å². The maximum absolute atomic E-state index is 6.07. The molecule has 0 aromatic heterocycles. The molecule has 1 aliphatic heterocycles. The van der Waals surface area contributed by atoms with Crippen LogP contribution in [0.3, 0.4) is 0 Å². The summed E-state index contributed by atoms with van der Waals surface area (Å²) in [6.45, 7) is 5.34. The van der Waals surface area contributed by atoms with Crippen LogP contribution in [0, 0.1) is 18.8 Å². The van der Waals surface area contributed by atoms with Crippen molar-refractivity contribution >= 4 is 15.9 Å². The fourth-order valence-electron chi connectivity index (χ4n) is 3.84. The number of rotatable bonds is 3. The Hall–Kier alpha value is -0.380. The van der Waals surface area contributed by atoms with Crippen molar-refractivity contribution in [1.82, 2.24) is 4.90 Å². The van der Waals surface area contributed by atoms with Crippen LogP contribution in [0.1, 0.15) is 36.4 Å².